The van der Waals surface area contributed by atoms with E-state index in [1.54, 1.807) is 24.3 Å². The van der Waals surface area contributed by atoms with Crippen LogP contribution < -0.4 is 15.5 Å². The van der Waals surface area contributed by atoms with Gasteiger partial charge in [-0.2, -0.15) is 0 Å². The Labute approximate surface area is 173 Å². The Morgan fingerprint density at radius 2 is 1.69 bits per heavy atom. The van der Waals surface area contributed by atoms with Crippen LogP contribution in [-0.2, 0) is 9.84 Å². The summed E-state index contributed by atoms with van der Waals surface area (Å²) in [6.07, 6.45) is 3.42. The Morgan fingerprint density at radius 1 is 1.07 bits per heavy atom. The van der Waals surface area contributed by atoms with Crippen molar-refractivity contribution in [2.75, 3.05) is 23.8 Å². The van der Waals surface area contributed by atoms with E-state index in [1.165, 1.54) is 0 Å². The van der Waals surface area contributed by atoms with Gasteiger partial charge in [0.1, 0.15) is 0 Å². The van der Waals surface area contributed by atoms with Gasteiger partial charge in [-0.05, 0) is 56.2 Å². The normalized spacial score (nSPS) is 15.7. The lowest BCUT2D eigenvalue weighted by Gasteiger charge is -2.27. The van der Waals surface area contributed by atoms with Crippen LogP contribution in [0.5, 0.6) is 0 Å². The van der Waals surface area contributed by atoms with Crippen molar-refractivity contribution in [3.8, 4) is 0 Å². The van der Waals surface area contributed by atoms with Crippen molar-refractivity contribution in [2.45, 2.75) is 48.8 Å². The van der Waals surface area contributed by atoms with Gasteiger partial charge in [0.15, 0.2) is 9.84 Å². The second-order valence-corrected chi connectivity index (χ2v) is 9.83. The highest BCUT2D eigenvalue weighted by atomic mass is 32.2. The number of nitrogens with zero attached hydrogens (tertiary/aromatic N) is 1. The quantitative estimate of drug-likeness (QED) is 0.715. The Kier molecular flexibility index (Phi) is 6.79. The molecule has 0 aliphatic heterocycles. The summed E-state index contributed by atoms with van der Waals surface area (Å²) in [7, 11) is -1.29. The van der Waals surface area contributed by atoms with E-state index in [0.717, 1.165) is 31.4 Å². The molecule has 3 rings (SSSR count). The van der Waals surface area contributed by atoms with Crippen molar-refractivity contribution in [3.63, 3.8) is 0 Å². The fourth-order valence-corrected chi connectivity index (χ4v) is 5.44. The Balaban J connectivity index is 1.51. The van der Waals surface area contributed by atoms with Crippen molar-refractivity contribution < 1.29 is 13.2 Å². The first-order chi connectivity index (χ1) is 13.9. The van der Waals surface area contributed by atoms with E-state index in [2.05, 4.69) is 15.5 Å². The molecular formula is C22H29N3O3S. The second kappa shape index (κ2) is 9.31. The maximum absolute atomic E-state index is 12.6. The van der Waals surface area contributed by atoms with Crippen LogP contribution in [0.4, 0.5) is 16.2 Å². The molecule has 1 aliphatic rings. The van der Waals surface area contributed by atoms with Crippen LogP contribution in [0.25, 0.3) is 0 Å². The number of benzene rings is 2. The number of amides is 2. The number of hydrogen-bond acceptors (Lipinski definition) is 4. The van der Waals surface area contributed by atoms with E-state index in [1.807, 2.05) is 44.3 Å². The molecule has 0 unspecified atom stereocenters. The zero-order chi connectivity index (χ0) is 20.9. The SMILES string of the molecule is C[C@H](CNC(=O)Nc1ccc(S(=O)(=O)C2CCCC2)cc1)N(C)c1ccccc1. The van der Waals surface area contributed by atoms with Crippen molar-refractivity contribution in [2.24, 2.45) is 0 Å². The fraction of sp³-hybridized carbons (Fsp3) is 0.409. The lowest BCUT2D eigenvalue weighted by molar-refractivity contribution is 0.251. The number of rotatable bonds is 7. The number of para-hydroxylation sites is 1. The first-order valence-corrected chi connectivity index (χ1v) is 11.6. The molecule has 6 nitrogen and oxygen atoms in total. The predicted molar refractivity (Wildman–Crippen MR) is 117 cm³/mol. The molecule has 29 heavy (non-hydrogen) atoms. The monoisotopic (exact) mass is 415 g/mol. The molecule has 2 amide bonds. The van der Waals surface area contributed by atoms with Crippen LogP contribution in [0.2, 0.25) is 0 Å². The molecule has 2 aromatic carbocycles. The summed E-state index contributed by atoms with van der Waals surface area (Å²) in [6.45, 7) is 2.52. The van der Waals surface area contributed by atoms with E-state index < -0.39 is 9.84 Å². The number of carbonyl (C=O) groups excluding carboxylic acids is 1. The molecule has 0 aromatic heterocycles. The molecule has 2 N–H and O–H groups in total. The van der Waals surface area contributed by atoms with E-state index in [9.17, 15) is 13.2 Å². The topological polar surface area (TPSA) is 78.5 Å². The molecule has 0 spiro atoms. The molecule has 0 radical (unpaired) electrons. The third-order valence-corrected chi connectivity index (χ3v) is 7.84. The molecule has 2 aromatic rings. The Bertz CT molecular complexity index is 908. The van der Waals surface area contributed by atoms with Gasteiger partial charge >= 0.3 is 6.03 Å². The van der Waals surface area contributed by atoms with Crippen LogP contribution in [0.1, 0.15) is 32.6 Å². The van der Waals surface area contributed by atoms with Crippen molar-refractivity contribution >= 4 is 27.2 Å². The highest BCUT2D eigenvalue weighted by Gasteiger charge is 2.30. The van der Waals surface area contributed by atoms with Gasteiger partial charge in [0.25, 0.3) is 0 Å². The minimum absolute atomic E-state index is 0.113. The van der Waals surface area contributed by atoms with Crippen LogP contribution in [0.15, 0.2) is 59.5 Å². The smallest absolute Gasteiger partial charge is 0.319 e. The van der Waals surface area contributed by atoms with Gasteiger partial charge in [-0.1, -0.05) is 31.0 Å². The van der Waals surface area contributed by atoms with Gasteiger partial charge in [-0.25, -0.2) is 13.2 Å². The van der Waals surface area contributed by atoms with Crippen molar-refractivity contribution in [1.82, 2.24) is 5.32 Å². The lowest BCUT2D eigenvalue weighted by Crippen LogP contribution is -2.41. The number of sulfone groups is 1. The maximum atomic E-state index is 12.6. The number of likely N-dealkylation sites (N-methyl/N-ethyl adjacent to an activating group) is 1. The highest BCUT2D eigenvalue weighted by Crippen LogP contribution is 2.30. The van der Waals surface area contributed by atoms with Crippen LogP contribution >= 0.6 is 0 Å². The molecule has 0 heterocycles. The molecular weight excluding hydrogens is 386 g/mol. The predicted octanol–water partition coefficient (Wildman–Crippen LogP) is 4.05. The van der Waals surface area contributed by atoms with Gasteiger partial charge in [0.05, 0.1) is 10.1 Å². The van der Waals surface area contributed by atoms with E-state index in [-0.39, 0.29) is 17.3 Å². The van der Waals surface area contributed by atoms with Crippen LogP contribution in [0, 0.1) is 0 Å². The molecule has 0 saturated heterocycles. The van der Waals surface area contributed by atoms with Gasteiger partial charge in [-0.15, -0.1) is 0 Å². The zero-order valence-electron chi connectivity index (χ0n) is 17.0. The van der Waals surface area contributed by atoms with Gasteiger partial charge in [0, 0.05) is 31.0 Å². The standard InChI is InChI=1S/C22H29N3O3S/c1-17(25(2)19-8-4-3-5-9-19)16-23-22(26)24-18-12-14-21(15-13-18)29(27,28)20-10-6-7-11-20/h3-5,8-9,12-15,17,20H,6-7,10-11,16H2,1-2H3,(H2,23,24,26)/t17-/m1/s1. The summed E-state index contributed by atoms with van der Waals surface area (Å²) in [4.78, 5) is 14.6. The minimum atomic E-state index is -3.28. The maximum Gasteiger partial charge on any atom is 0.319 e. The largest absolute Gasteiger partial charge is 0.370 e. The molecule has 1 aliphatic carbocycles. The number of carbonyl (C=O) groups is 1. The highest BCUT2D eigenvalue weighted by molar-refractivity contribution is 7.92. The van der Waals surface area contributed by atoms with Crippen molar-refractivity contribution in [1.29, 1.82) is 0 Å². The molecule has 1 saturated carbocycles. The molecule has 156 valence electrons. The molecule has 7 heteroatoms. The Hall–Kier alpha value is -2.54. The zero-order valence-corrected chi connectivity index (χ0v) is 17.8. The first kappa shape index (κ1) is 21.2. The average Bonchev–Trinajstić information content (AvgIpc) is 3.28. The molecule has 1 fully saturated rings. The summed E-state index contributed by atoms with van der Waals surface area (Å²) in [5, 5.41) is 5.35. The third-order valence-electron chi connectivity index (χ3n) is 5.56. The molecule has 0 bridgehead atoms. The van der Waals surface area contributed by atoms with E-state index in [4.69, 9.17) is 0 Å². The summed E-state index contributed by atoms with van der Waals surface area (Å²) < 4.78 is 25.2. The second-order valence-electron chi connectivity index (χ2n) is 7.61. The van der Waals surface area contributed by atoms with Crippen molar-refractivity contribution in [3.05, 3.63) is 54.6 Å². The number of urea groups is 1. The van der Waals surface area contributed by atoms with Gasteiger partial charge in [0.2, 0.25) is 0 Å². The third kappa shape index (κ3) is 5.29. The van der Waals surface area contributed by atoms with Gasteiger partial charge < -0.3 is 15.5 Å². The van der Waals surface area contributed by atoms with E-state index >= 15 is 0 Å². The number of anilines is 2. The number of hydrogen-bond donors (Lipinski definition) is 2. The molecule has 1 atom stereocenters. The minimum Gasteiger partial charge on any atom is -0.370 e. The van der Waals surface area contributed by atoms with Crippen LogP contribution in [-0.4, -0.2) is 39.3 Å². The summed E-state index contributed by atoms with van der Waals surface area (Å²) in [5.74, 6) is 0. The summed E-state index contributed by atoms with van der Waals surface area (Å²) >= 11 is 0. The summed E-state index contributed by atoms with van der Waals surface area (Å²) in [6, 6.07) is 16.2. The summed E-state index contributed by atoms with van der Waals surface area (Å²) in [5.41, 5.74) is 1.65. The first-order valence-electron chi connectivity index (χ1n) is 10.0. The van der Waals surface area contributed by atoms with Crippen LogP contribution in [0.3, 0.4) is 0 Å². The lowest BCUT2D eigenvalue weighted by atomic mass is 10.2. The van der Waals surface area contributed by atoms with E-state index in [0.29, 0.717) is 17.1 Å². The Morgan fingerprint density at radius 3 is 2.31 bits per heavy atom. The average molecular weight is 416 g/mol. The fourth-order valence-electron chi connectivity index (χ4n) is 3.59. The van der Waals surface area contributed by atoms with Gasteiger partial charge in [-0.3, -0.25) is 0 Å². The number of nitrogens with one attached hydrogen (secondary N) is 2.